The third kappa shape index (κ3) is 5.21. The predicted octanol–water partition coefficient (Wildman–Crippen LogP) is 4.54. The molecule has 1 heterocycles. The van der Waals surface area contributed by atoms with Crippen LogP contribution in [0.2, 0.25) is 5.02 Å². The average Bonchev–Trinajstić information content (AvgIpc) is 2.65. The summed E-state index contributed by atoms with van der Waals surface area (Å²) in [6.45, 7) is 5.70. The number of ether oxygens (including phenoxy) is 2. The number of hydrogen-bond acceptors (Lipinski definition) is 4. The summed E-state index contributed by atoms with van der Waals surface area (Å²) < 4.78 is 11.4. The molecule has 1 aliphatic heterocycles. The van der Waals surface area contributed by atoms with E-state index in [4.69, 9.17) is 21.1 Å². The molecule has 2 aromatic carbocycles. The fourth-order valence-electron chi connectivity index (χ4n) is 3.20. The van der Waals surface area contributed by atoms with Crippen LogP contribution in [-0.4, -0.2) is 35.6 Å². The lowest BCUT2D eigenvalue weighted by molar-refractivity contribution is -0.126. The number of nitrogens with one attached hydrogen (secondary N) is 1. The van der Waals surface area contributed by atoms with Gasteiger partial charge in [0.1, 0.15) is 23.1 Å². The summed E-state index contributed by atoms with van der Waals surface area (Å²) >= 11 is 6.01. The molecule has 2 amide bonds. The summed E-state index contributed by atoms with van der Waals surface area (Å²) in [4.78, 5) is 26.6. The van der Waals surface area contributed by atoms with E-state index in [1.807, 2.05) is 30.3 Å². The van der Waals surface area contributed by atoms with E-state index in [1.54, 1.807) is 40.0 Å². The maximum absolute atomic E-state index is 12.7. The molecule has 2 aromatic rings. The number of amides is 2. The summed E-state index contributed by atoms with van der Waals surface area (Å²) in [5, 5.41) is 3.23. The number of halogens is 1. The minimum atomic E-state index is -0.649. The number of rotatable bonds is 3. The monoisotopic (exact) mass is 416 g/mol. The Labute approximate surface area is 175 Å². The van der Waals surface area contributed by atoms with Crippen LogP contribution < -0.4 is 10.1 Å². The zero-order valence-electron chi connectivity index (χ0n) is 17.0. The summed E-state index contributed by atoms with van der Waals surface area (Å²) in [6, 6.07) is 12.2. The Balaban J connectivity index is 1.86. The third-order valence-corrected chi connectivity index (χ3v) is 4.75. The smallest absolute Gasteiger partial charge is 0.411 e. The fraction of sp³-hybridized carbons (Fsp3) is 0.364. The van der Waals surface area contributed by atoms with Gasteiger partial charge in [0.05, 0.1) is 6.54 Å². The lowest BCUT2D eigenvalue weighted by atomic mass is 9.93. The van der Waals surface area contributed by atoms with Gasteiger partial charge in [-0.1, -0.05) is 23.7 Å². The Morgan fingerprint density at radius 1 is 1.10 bits per heavy atom. The SMILES string of the molecule is CNC(=O)C1Cc2cc(Oc3cccc(Cl)c3)ccc2CN1C(=O)OC(C)(C)C. The van der Waals surface area contributed by atoms with Crippen molar-refractivity contribution in [3.05, 3.63) is 58.6 Å². The van der Waals surface area contributed by atoms with Gasteiger partial charge in [-0.2, -0.15) is 0 Å². The van der Waals surface area contributed by atoms with Gasteiger partial charge in [-0.05, 0) is 62.2 Å². The van der Waals surface area contributed by atoms with E-state index in [0.717, 1.165) is 11.1 Å². The van der Waals surface area contributed by atoms with Gasteiger partial charge in [0.25, 0.3) is 0 Å². The van der Waals surface area contributed by atoms with Gasteiger partial charge in [0.15, 0.2) is 0 Å². The number of hydrogen-bond donors (Lipinski definition) is 1. The minimum absolute atomic E-state index is 0.234. The molecular weight excluding hydrogens is 392 g/mol. The molecule has 7 heteroatoms. The molecule has 1 unspecified atom stereocenters. The standard InChI is InChI=1S/C22H25ClN2O4/c1-22(2,3)29-21(27)25-13-14-8-9-18(28-17-7-5-6-16(23)12-17)10-15(14)11-19(25)20(26)24-4/h5-10,12,19H,11,13H2,1-4H3,(H,24,26). The highest BCUT2D eigenvalue weighted by molar-refractivity contribution is 6.30. The van der Waals surface area contributed by atoms with Gasteiger partial charge in [-0.25, -0.2) is 4.79 Å². The van der Waals surface area contributed by atoms with Gasteiger partial charge >= 0.3 is 6.09 Å². The van der Waals surface area contributed by atoms with Gasteiger partial charge < -0.3 is 14.8 Å². The molecule has 0 saturated carbocycles. The highest BCUT2D eigenvalue weighted by Gasteiger charge is 2.36. The molecule has 0 bridgehead atoms. The minimum Gasteiger partial charge on any atom is -0.457 e. The van der Waals surface area contributed by atoms with Gasteiger partial charge in [0.2, 0.25) is 5.91 Å². The number of benzene rings is 2. The number of likely N-dealkylation sites (N-methyl/N-ethyl adjacent to an activating group) is 1. The lowest BCUT2D eigenvalue weighted by Crippen LogP contribution is -2.53. The van der Waals surface area contributed by atoms with Crippen molar-refractivity contribution >= 4 is 23.6 Å². The van der Waals surface area contributed by atoms with Crippen molar-refractivity contribution in [1.29, 1.82) is 0 Å². The number of carbonyl (C=O) groups excluding carboxylic acids is 2. The quantitative estimate of drug-likeness (QED) is 0.797. The molecule has 1 atom stereocenters. The fourth-order valence-corrected chi connectivity index (χ4v) is 3.38. The zero-order valence-corrected chi connectivity index (χ0v) is 17.7. The molecule has 0 aromatic heterocycles. The summed E-state index contributed by atoms with van der Waals surface area (Å²) in [6.07, 6.45) is -0.128. The number of fused-ring (bicyclic) bond motifs is 1. The molecule has 0 fully saturated rings. The molecule has 1 N–H and O–H groups in total. The Morgan fingerprint density at radius 2 is 1.83 bits per heavy atom. The van der Waals surface area contributed by atoms with Crippen molar-refractivity contribution < 1.29 is 19.1 Å². The van der Waals surface area contributed by atoms with Crippen molar-refractivity contribution in [3.63, 3.8) is 0 Å². The van der Waals surface area contributed by atoms with E-state index in [9.17, 15) is 9.59 Å². The molecular formula is C22H25ClN2O4. The molecule has 3 rings (SSSR count). The van der Waals surface area contributed by atoms with E-state index in [-0.39, 0.29) is 5.91 Å². The molecule has 1 aliphatic rings. The van der Waals surface area contributed by atoms with E-state index in [1.165, 1.54) is 4.90 Å². The van der Waals surface area contributed by atoms with Gasteiger partial charge in [-0.15, -0.1) is 0 Å². The summed E-state index contributed by atoms with van der Waals surface area (Å²) in [5.41, 5.74) is 1.27. The third-order valence-electron chi connectivity index (χ3n) is 4.52. The van der Waals surface area contributed by atoms with Crippen LogP contribution in [0.1, 0.15) is 31.9 Å². The van der Waals surface area contributed by atoms with E-state index in [2.05, 4.69) is 5.32 Å². The molecule has 0 aliphatic carbocycles. The zero-order chi connectivity index (χ0) is 21.2. The van der Waals surface area contributed by atoms with E-state index in [0.29, 0.717) is 29.5 Å². The molecule has 29 heavy (non-hydrogen) atoms. The topological polar surface area (TPSA) is 67.9 Å². The van der Waals surface area contributed by atoms with Gasteiger partial charge in [0, 0.05) is 18.5 Å². The first-order valence-corrected chi connectivity index (χ1v) is 9.80. The Kier molecular flexibility index (Phi) is 6.03. The van der Waals surface area contributed by atoms with Crippen LogP contribution in [0.25, 0.3) is 0 Å². The summed E-state index contributed by atoms with van der Waals surface area (Å²) in [5.74, 6) is 1.04. The normalized spacial score (nSPS) is 16.0. The van der Waals surface area contributed by atoms with Gasteiger partial charge in [-0.3, -0.25) is 9.69 Å². The molecule has 154 valence electrons. The summed E-state index contributed by atoms with van der Waals surface area (Å²) in [7, 11) is 1.56. The second-order valence-corrected chi connectivity index (χ2v) is 8.37. The van der Waals surface area contributed by atoms with Crippen LogP contribution in [0.15, 0.2) is 42.5 Å². The van der Waals surface area contributed by atoms with E-state index < -0.39 is 17.7 Å². The molecule has 0 saturated heterocycles. The maximum atomic E-state index is 12.7. The lowest BCUT2D eigenvalue weighted by Gasteiger charge is -2.36. The Bertz CT molecular complexity index is 923. The van der Waals surface area contributed by atoms with Crippen LogP contribution in [0.5, 0.6) is 11.5 Å². The predicted molar refractivity (Wildman–Crippen MR) is 111 cm³/mol. The first-order chi connectivity index (χ1) is 13.7. The Morgan fingerprint density at radius 3 is 2.48 bits per heavy atom. The number of nitrogens with zero attached hydrogens (tertiary/aromatic N) is 1. The van der Waals surface area contributed by atoms with Crippen LogP contribution in [0.4, 0.5) is 4.79 Å². The second-order valence-electron chi connectivity index (χ2n) is 7.93. The first-order valence-electron chi connectivity index (χ1n) is 9.43. The van der Waals surface area contributed by atoms with Crippen LogP contribution in [0.3, 0.4) is 0 Å². The van der Waals surface area contributed by atoms with Crippen molar-refractivity contribution in [1.82, 2.24) is 10.2 Å². The van der Waals surface area contributed by atoms with Crippen LogP contribution in [0, 0.1) is 0 Å². The first kappa shape index (κ1) is 21.0. The maximum Gasteiger partial charge on any atom is 0.411 e. The molecule has 6 nitrogen and oxygen atoms in total. The highest BCUT2D eigenvalue weighted by Crippen LogP contribution is 2.31. The van der Waals surface area contributed by atoms with Crippen molar-refractivity contribution in [2.24, 2.45) is 0 Å². The Hall–Kier alpha value is -2.73. The number of carbonyl (C=O) groups is 2. The van der Waals surface area contributed by atoms with Crippen molar-refractivity contribution in [2.75, 3.05) is 7.05 Å². The average molecular weight is 417 g/mol. The van der Waals surface area contributed by atoms with Crippen molar-refractivity contribution in [2.45, 2.75) is 45.4 Å². The largest absolute Gasteiger partial charge is 0.457 e. The molecule has 0 radical (unpaired) electrons. The van der Waals surface area contributed by atoms with Crippen LogP contribution in [-0.2, 0) is 22.5 Å². The highest BCUT2D eigenvalue weighted by atomic mass is 35.5. The van der Waals surface area contributed by atoms with Crippen molar-refractivity contribution in [3.8, 4) is 11.5 Å². The van der Waals surface area contributed by atoms with Crippen LogP contribution >= 0.6 is 11.6 Å². The second kappa shape index (κ2) is 8.33. The molecule has 0 spiro atoms. The van der Waals surface area contributed by atoms with E-state index >= 15 is 0 Å².